The van der Waals surface area contributed by atoms with Crippen LogP contribution in [0.25, 0.3) is 27.7 Å². The number of halogens is 2. The minimum Gasteiger partial charge on any atom is -0.369 e. The Balaban J connectivity index is 1.89. The van der Waals surface area contributed by atoms with Crippen LogP contribution in [-0.4, -0.2) is 38.6 Å². The van der Waals surface area contributed by atoms with E-state index in [0.717, 1.165) is 22.0 Å². The van der Waals surface area contributed by atoms with E-state index >= 15 is 4.39 Å². The summed E-state index contributed by atoms with van der Waals surface area (Å²) in [5.74, 6) is 0.0647. The Bertz CT molecular complexity index is 1570. The van der Waals surface area contributed by atoms with Crippen molar-refractivity contribution in [3.63, 3.8) is 0 Å². The molecule has 0 saturated carbocycles. The van der Waals surface area contributed by atoms with Gasteiger partial charge in [0.15, 0.2) is 5.82 Å². The van der Waals surface area contributed by atoms with Crippen molar-refractivity contribution in [2.24, 2.45) is 0 Å². The van der Waals surface area contributed by atoms with Gasteiger partial charge in [-0.15, -0.1) is 10.2 Å². The number of aromatic nitrogens is 5. The third-order valence-electron chi connectivity index (χ3n) is 5.98. The van der Waals surface area contributed by atoms with E-state index in [0.29, 0.717) is 46.0 Å². The highest BCUT2D eigenvalue weighted by atomic mass is 32.2. The lowest BCUT2D eigenvalue weighted by atomic mass is 9.90. The molecule has 2 aromatic heterocycles. The van der Waals surface area contributed by atoms with Crippen LogP contribution in [-0.2, 0) is 22.0 Å². The fourth-order valence-electron chi connectivity index (χ4n) is 4.60. The first-order chi connectivity index (χ1) is 15.4. The molecule has 11 heteroatoms. The van der Waals surface area contributed by atoms with Gasteiger partial charge in [0.25, 0.3) is 10.0 Å². The maximum Gasteiger partial charge on any atom is 0.251 e. The number of rotatable bonds is 3. The number of hydrogen-bond acceptors (Lipinski definition) is 6. The highest BCUT2D eigenvalue weighted by molar-refractivity contribution is 7.89. The fraction of sp³-hybridized carbons (Fsp3) is 0.318. The van der Waals surface area contributed by atoms with Crippen LogP contribution in [0.1, 0.15) is 38.0 Å². The molecule has 0 bridgehead atoms. The number of benzene rings is 2. The molecule has 3 heterocycles. The van der Waals surface area contributed by atoms with Crippen molar-refractivity contribution in [3.8, 4) is 16.8 Å². The molecule has 0 atom stereocenters. The van der Waals surface area contributed by atoms with Crippen molar-refractivity contribution >= 4 is 26.6 Å². The summed E-state index contributed by atoms with van der Waals surface area (Å²) in [5, 5.41) is 16.1. The Morgan fingerprint density at radius 3 is 2.52 bits per heavy atom. The third-order valence-corrected chi connectivity index (χ3v) is 6.90. The van der Waals surface area contributed by atoms with Gasteiger partial charge in [-0.3, -0.25) is 4.57 Å². The van der Waals surface area contributed by atoms with E-state index in [1.165, 1.54) is 18.3 Å². The maximum absolute atomic E-state index is 15.6. The summed E-state index contributed by atoms with van der Waals surface area (Å²) in [6.07, 6.45) is 2.85. The van der Waals surface area contributed by atoms with Gasteiger partial charge in [0.05, 0.1) is 34.9 Å². The van der Waals surface area contributed by atoms with Gasteiger partial charge < -0.3 is 5.32 Å². The Morgan fingerprint density at radius 1 is 1.12 bits per heavy atom. The summed E-state index contributed by atoms with van der Waals surface area (Å²) >= 11 is 0. The molecule has 172 valence electrons. The monoisotopic (exact) mass is 472 g/mol. The Morgan fingerprint density at radius 2 is 1.85 bits per heavy atom. The van der Waals surface area contributed by atoms with Gasteiger partial charge in [0.2, 0.25) is 0 Å². The van der Waals surface area contributed by atoms with E-state index in [-0.39, 0.29) is 5.52 Å². The average Bonchev–Trinajstić information content (AvgIpc) is 3.32. The van der Waals surface area contributed by atoms with Gasteiger partial charge in [-0.25, -0.2) is 17.2 Å². The quantitative estimate of drug-likeness (QED) is 0.486. The molecule has 1 N–H and O–H groups in total. The zero-order valence-electron chi connectivity index (χ0n) is 18.7. The Kier molecular flexibility index (Phi) is 4.45. The largest absolute Gasteiger partial charge is 0.369 e. The van der Waals surface area contributed by atoms with Crippen molar-refractivity contribution in [3.05, 3.63) is 53.2 Å². The van der Waals surface area contributed by atoms with Crippen LogP contribution in [0.3, 0.4) is 0 Å². The highest BCUT2D eigenvalue weighted by Gasteiger charge is 2.37. The van der Waals surface area contributed by atoms with Gasteiger partial charge in [-0.05, 0) is 56.0 Å². The fourth-order valence-corrected chi connectivity index (χ4v) is 5.33. The molecule has 4 aromatic rings. The molecular weight excluding hydrogens is 450 g/mol. The molecule has 1 aliphatic rings. The van der Waals surface area contributed by atoms with E-state index in [9.17, 15) is 12.8 Å². The van der Waals surface area contributed by atoms with E-state index < -0.39 is 27.2 Å². The predicted molar refractivity (Wildman–Crippen MR) is 121 cm³/mol. The molecule has 0 fully saturated rings. The summed E-state index contributed by atoms with van der Waals surface area (Å²) in [7, 11) is -3.76. The minimum atomic E-state index is -3.76. The Hall–Kier alpha value is -3.34. The summed E-state index contributed by atoms with van der Waals surface area (Å²) in [6, 6.07) is 3.74. The van der Waals surface area contributed by atoms with E-state index in [4.69, 9.17) is 0 Å². The summed E-state index contributed by atoms with van der Waals surface area (Å²) < 4.78 is 57.1. The van der Waals surface area contributed by atoms with Gasteiger partial charge in [-0.2, -0.15) is 9.19 Å². The van der Waals surface area contributed by atoms with Crippen LogP contribution in [0.4, 0.5) is 14.5 Å². The molecule has 8 nitrogen and oxygen atoms in total. The van der Waals surface area contributed by atoms with Gasteiger partial charge in [-0.1, -0.05) is 6.92 Å². The predicted octanol–water partition coefficient (Wildman–Crippen LogP) is 3.90. The second kappa shape index (κ2) is 6.83. The zero-order valence-corrected chi connectivity index (χ0v) is 19.5. The van der Waals surface area contributed by atoms with Gasteiger partial charge in [0.1, 0.15) is 17.5 Å². The third kappa shape index (κ3) is 3.05. The van der Waals surface area contributed by atoms with Crippen LogP contribution in [0.2, 0.25) is 0 Å². The summed E-state index contributed by atoms with van der Waals surface area (Å²) in [4.78, 5) is 0. The number of anilines is 1. The SMILES string of the molecule is CCc1c(-c2cc(F)cc3c2cnn3S(C)(=O)=O)cc(F)c2c1-n1c(C)nnc1C(C)(C)N2. The first-order valence-electron chi connectivity index (χ1n) is 10.4. The zero-order chi connectivity index (χ0) is 23.9. The lowest BCUT2D eigenvalue weighted by Crippen LogP contribution is -2.37. The van der Waals surface area contributed by atoms with Gasteiger partial charge in [0, 0.05) is 11.5 Å². The molecule has 0 spiro atoms. The standard InChI is InChI=1S/C22H22F2N6O2S/c1-6-13-15(14-7-12(23)8-18-16(14)10-25-30(18)33(5,31)32)9-17(24)19-20(13)29-11(2)27-28-21(29)22(3,4)26-19/h7-10,26H,6H2,1-5H3. The topological polar surface area (TPSA) is 94.7 Å². The summed E-state index contributed by atoms with van der Waals surface area (Å²) in [6.45, 7) is 7.50. The number of aryl methyl sites for hydroxylation is 1. The van der Waals surface area contributed by atoms with E-state index in [1.807, 2.05) is 25.3 Å². The smallest absolute Gasteiger partial charge is 0.251 e. The molecule has 5 rings (SSSR count). The number of fused-ring (bicyclic) bond motifs is 4. The minimum absolute atomic E-state index is 0.0908. The normalized spacial score (nSPS) is 14.8. The lowest BCUT2D eigenvalue weighted by Gasteiger charge is -2.35. The van der Waals surface area contributed by atoms with Crippen LogP contribution in [0.5, 0.6) is 0 Å². The van der Waals surface area contributed by atoms with Crippen molar-refractivity contribution in [1.29, 1.82) is 0 Å². The lowest BCUT2D eigenvalue weighted by molar-refractivity contribution is 0.521. The second-order valence-corrected chi connectivity index (χ2v) is 10.6. The first kappa shape index (κ1) is 21.5. The van der Waals surface area contributed by atoms with Gasteiger partial charge >= 0.3 is 0 Å². The number of nitrogens with zero attached hydrogens (tertiary/aromatic N) is 5. The van der Waals surface area contributed by atoms with Crippen molar-refractivity contribution < 1.29 is 17.2 Å². The van der Waals surface area contributed by atoms with Crippen LogP contribution in [0.15, 0.2) is 24.4 Å². The van der Waals surface area contributed by atoms with Crippen LogP contribution in [0, 0.1) is 18.6 Å². The van der Waals surface area contributed by atoms with Crippen LogP contribution < -0.4 is 5.32 Å². The number of nitrogens with one attached hydrogen (secondary N) is 1. The molecule has 0 radical (unpaired) electrons. The van der Waals surface area contributed by atoms with Crippen molar-refractivity contribution in [1.82, 2.24) is 24.0 Å². The second-order valence-electron chi connectivity index (χ2n) is 8.75. The summed E-state index contributed by atoms with van der Waals surface area (Å²) in [5.41, 5.74) is 1.87. The maximum atomic E-state index is 15.6. The number of hydrogen-bond donors (Lipinski definition) is 1. The van der Waals surface area contributed by atoms with E-state index in [2.05, 4.69) is 20.6 Å². The highest BCUT2D eigenvalue weighted by Crippen LogP contribution is 2.44. The molecule has 0 saturated heterocycles. The molecule has 33 heavy (non-hydrogen) atoms. The first-order valence-corrected chi connectivity index (χ1v) is 12.2. The average molecular weight is 473 g/mol. The molecule has 0 amide bonds. The molecule has 2 aromatic carbocycles. The molecule has 1 aliphatic heterocycles. The van der Waals surface area contributed by atoms with Crippen molar-refractivity contribution in [2.75, 3.05) is 11.6 Å². The van der Waals surface area contributed by atoms with Crippen molar-refractivity contribution in [2.45, 2.75) is 39.7 Å². The van der Waals surface area contributed by atoms with E-state index in [1.54, 1.807) is 6.92 Å². The molecular formula is C22H22F2N6O2S. The Labute approximate surface area is 189 Å². The molecule has 0 unspecified atom stereocenters. The van der Waals surface area contributed by atoms with Crippen LogP contribution >= 0.6 is 0 Å². The molecule has 0 aliphatic carbocycles.